The first-order valence-electron chi connectivity index (χ1n) is 14.2. The number of aliphatic hydroxyl groups is 1. The molecule has 11 atom stereocenters. The molecule has 2 aliphatic carbocycles. The fourth-order valence-corrected chi connectivity index (χ4v) is 10.2. The zero-order valence-electron chi connectivity index (χ0n) is 24.2. The van der Waals surface area contributed by atoms with Gasteiger partial charge in [0.15, 0.2) is 11.5 Å². The molecule has 2 aliphatic heterocycles. The second-order valence-corrected chi connectivity index (χ2v) is 15.5. The Morgan fingerprint density at radius 2 is 1.94 bits per heavy atom. The third-order valence-electron chi connectivity index (χ3n) is 9.28. The number of hydrogen-bond acceptors (Lipinski definition) is 17. The van der Waals surface area contributed by atoms with Gasteiger partial charge in [-0.1, -0.05) is 0 Å². The van der Waals surface area contributed by atoms with Gasteiger partial charge in [0, 0.05) is 17.9 Å². The first-order valence-corrected chi connectivity index (χ1v) is 18.1. The minimum absolute atomic E-state index is 0.117. The Bertz CT molecular complexity index is 2060. The first-order chi connectivity index (χ1) is 22.3. The fourth-order valence-electron chi connectivity index (χ4n) is 7.14. The number of methoxy groups -OCH3 is 1. The lowest BCUT2D eigenvalue weighted by molar-refractivity contribution is -0.0538. The molecule has 0 amide bonds. The summed E-state index contributed by atoms with van der Waals surface area (Å²) in [5.41, 5.74) is 10.8. The number of ether oxygens (including phenoxy) is 2. The number of nitrogen functional groups attached to an aromatic ring is 2. The Morgan fingerprint density at radius 1 is 1.15 bits per heavy atom. The van der Waals surface area contributed by atoms with Gasteiger partial charge in [0.2, 0.25) is 5.95 Å². The number of nitrogens with one attached hydrogen (secondary N) is 1. The second kappa shape index (κ2) is 10.8. The number of H-pyrrole nitrogens is 1. The van der Waals surface area contributed by atoms with E-state index in [-0.39, 0.29) is 34.6 Å². The van der Waals surface area contributed by atoms with Crippen LogP contribution in [0.4, 0.5) is 11.8 Å². The van der Waals surface area contributed by atoms with Crippen LogP contribution in [-0.2, 0) is 36.7 Å². The van der Waals surface area contributed by atoms with Crippen molar-refractivity contribution in [2.45, 2.75) is 49.1 Å². The van der Waals surface area contributed by atoms with Gasteiger partial charge in [-0.25, -0.2) is 29.1 Å². The molecule has 20 nitrogen and oxygen atoms in total. The van der Waals surface area contributed by atoms with Crippen LogP contribution in [0.3, 0.4) is 0 Å². The maximum atomic E-state index is 13.6. The number of hydrogen-bond donors (Lipinski definition) is 6. The Labute approximate surface area is 267 Å². The van der Waals surface area contributed by atoms with E-state index in [1.165, 1.54) is 25.1 Å². The number of nitrogens with two attached hydrogens (primary N) is 2. The lowest BCUT2D eigenvalue weighted by Gasteiger charge is -2.30. The Hall–Kier alpha value is -2.91. The van der Waals surface area contributed by atoms with E-state index >= 15 is 0 Å². The molecular formula is C24H28N8O12P2S. The Kier molecular flexibility index (Phi) is 7.20. The minimum atomic E-state index is -4.94. The largest absolute Gasteiger partial charge is 0.472 e. The number of phosphoric acid groups is 2. The van der Waals surface area contributed by atoms with Crippen LogP contribution in [0.15, 0.2) is 22.8 Å². The van der Waals surface area contributed by atoms with Gasteiger partial charge >= 0.3 is 15.6 Å². The van der Waals surface area contributed by atoms with E-state index in [1.807, 2.05) is 0 Å². The zero-order chi connectivity index (χ0) is 33.0. The van der Waals surface area contributed by atoms with Crippen LogP contribution < -0.4 is 17.0 Å². The number of anilines is 2. The number of aromatic nitrogens is 6. The number of phosphoric ester groups is 2. The van der Waals surface area contributed by atoms with Gasteiger partial charge < -0.3 is 40.4 Å². The third kappa shape index (κ3) is 4.96. The van der Waals surface area contributed by atoms with Crippen molar-refractivity contribution in [3.05, 3.63) is 33.3 Å². The normalized spacial score (nSPS) is 40.4. The predicted octanol–water partition coefficient (Wildman–Crippen LogP) is 0.384. The second-order valence-electron chi connectivity index (χ2n) is 11.8. The van der Waals surface area contributed by atoms with Crippen LogP contribution in [-0.4, -0.2) is 95.2 Å². The van der Waals surface area contributed by atoms with Crippen molar-refractivity contribution in [1.82, 2.24) is 29.5 Å². The SMILES string of the molecule is CO[C@H]1[C@H]2OP(=O)(O)OC[C@@]34C[C@@H]3[C@@H](n3cnc5c(N)ncnc53)[C@H](O)[C@@H]4OP(=O)(O)OC[C@H]1O[C@H]2c1scc2c(=O)[nH]c(N)nc12. The van der Waals surface area contributed by atoms with E-state index in [0.717, 1.165) is 11.3 Å². The lowest BCUT2D eigenvalue weighted by atomic mass is 10.0. The van der Waals surface area contributed by atoms with E-state index in [2.05, 4.69) is 24.9 Å². The van der Waals surface area contributed by atoms with E-state index in [4.69, 9.17) is 39.0 Å². The molecule has 0 radical (unpaired) electrons. The van der Waals surface area contributed by atoms with Crippen molar-refractivity contribution < 1.29 is 51.6 Å². The lowest BCUT2D eigenvalue weighted by Crippen LogP contribution is -2.38. The number of fused-ring (bicyclic) bond motifs is 4. The molecule has 6 heterocycles. The summed E-state index contributed by atoms with van der Waals surface area (Å²) in [6, 6.07) is -0.799. The molecule has 252 valence electrons. The smallest absolute Gasteiger partial charge is 0.388 e. The number of aliphatic hydroxyl groups excluding tert-OH is 1. The number of thiophene rings is 1. The highest BCUT2D eigenvalue weighted by molar-refractivity contribution is 7.47. The molecule has 0 aromatic carbocycles. The highest BCUT2D eigenvalue weighted by atomic mass is 32.1. The van der Waals surface area contributed by atoms with Crippen molar-refractivity contribution in [3.8, 4) is 0 Å². The van der Waals surface area contributed by atoms with Gasteiger partial charge in [0.05, 0.1) is 41.4 Å². The predicted molar refractivity (Wildman–Crippen MR) is 160 cm³/mol. The van der Waals surface area contributed by atoms with Crippen LogP contribution in [0, 0.1) is 11.3 Å². The number of aromatic amines is 1. The number of imidazole rings is 1. The maximum absolute atomic E-state index is 13.6. The quantitative estimate of drug-likeness (QED) is 0.156. The van der Waals surface area contributed by atoms with E-state index < -0.39 is 88.4 Å². The van der Waals surface area contributed by atoms with Gasteiger partial charge in [-0.15, -0.1) is 11.3 Å². The van der Waals surface area contributed by atoms with Crippen LogP contribution >= 0.6 is 27.0 Å². The highest BCUT2D eigenvalue weighted by Gasteiger charge is 2.74. The summed E-state index contributed by atoms with van der Waals surface area (Å²) in [4.78, 5) is 53.8. The Morgan fingerprint density at radius 3 is 2.72 bits per heavy atom. The summed E-state index contributed by atoms with van der Waals surface area (Å²) in [7, 11) is -8.59. The van der Waals surface area contributed by atoms with Crippen molar-refractivity contribution in [3.63, 3.8) is 0 Å². The zero-order valence-corrected chi connectivity index (χ0v) is 26.8. The molecule has 4 fully saturated rings. The van der Waals surface area contributed by atoms with E-state index in [0.29, 0.717) is 10.5 Å². The van der Waals surface area contributed by atoms with Crippen LogP contribution in [0.1, 0.15) is 23.4 Å². The molecule has 4 aliphatic rings. The molecule has 2 bridgehead atoms. The molecule has 2 saturated carbocycles. The molecule has 4 aromatic heterocycles. The number of rotatable bonds is 3. The summed E-state index contributed by atoms with van der Waals surface area (Å²) >= 11 is 1.07. The summed E-state index contributed by atoms with van der Waals surface area (Å²) in [5.74, 6) is -0.527. The first kappa shape index (κ1) is 31.4. The molecule has 4 aromatic rings. The van der Waals surface area contributed by atoms with Crippen molar-refractivity contribution in [2.75, 3.05) is 31.8 Å². The summed E-state index contributed by atoms with van der Waals surface area (Å²) in [6.07, 6.45) is -4.71. The van der Waals surface area contributed by atoms with E-state index in [9.17, 15) is 28.8 Å². The third-order valence-corrected chi connectivity index (χ3v) is 12.2. The van der Waals surface area contributed by atoms with Crippen molar-refractivity contribution in [1.29, 1.82) is 0 Å². The molecule has 2 saturated heterocycles. The van der Waals surface area contributed by atoms with Crippen LogP contribution in [0.2, 0.25) is 0 Å². The van der Waals surface area contributed by atoms with Crippen molar-refractivity contribution >= 4 is 60.8 Å². The summed E-state index contributed by atoms with van der Waals surface area (Å²) in [5, 5.41) is 13.2. The monoisotopic (exact) mass is 714 g/mol. The van der Waals surface area contributed by atoms with Gasteiger partial charge in [0.1, 0.15) is 48.5 Å². The highest BCUT2D eigenvalue weighted by Crippen LogP contribution is 2.72. The van der Waals surface area contributed by atoms with Crippen LogP contribution in [0.25, 0.3) is 22.1 Å². The maximum Gasteiger partial charge on any atom is 0.472 e. The van der Waals surface area contributed by atoms with Gasteiger partial charge in [-0.3, -0.25) is 27.9 Å². The summed E-state index contributed by atoms with van der Waals surface area (Å²) < 4.78 is 62.6. The topological polar surface area (TPSA) is 292 Å². The minimum Gasteiger partial charge on any atom is -0.388 e. The average molecular weight is 715 g/mol. The van der Waals surface area contributed by atoms with Crippen LogP contribution in [0.5, 0.6) is 0 Å². The molecular weight excluding hydrogens is 686 g/mol. The van der Waals surface area contributed by atoms with Gasteiger partial charge in [-0.05, 0) is 12.3 Å². The molecule has 23 heteroatoms. The van der Waals surface area contributed by atoms with Gasteiger partial charge in [-0.2, -0.15) is 0 Å². The fraction of sp³-hybridized carbons (Fsp3) is 0.542. The molecule has 8 N–H and O–H groups in total. The number of nitrogens with zero attached hydrogens (tertiary/aromatic N) is 5. The molecule has 47 heavy (non-hydrogen) atoms. The summed E-state index contributed by atoms with van der Waals surface area (Å²) in [6.45, 7) is -1.11. The molecule has 2 unspecified atom stereocenters. The van der Waals surface area contributed by atoms with Crippen molar-refractivity contribution in [2.24, 2.45) is 11.3 Å². The van der Waals surface area contributed by atoms with E-state index in [1.54, 1.807) is 4.57 Å². The standard InChI is InChI=1S/C24H28N8O12P2S/c1-39-15-10-3-40-45(35,36)44-19-14(33)13(32-7-29-12-20(25)27-6-28-21(12)32)9-2-24(9,19)5-41-46(37,38)43-16(15)17(42-10)18-11-8(4-47-18)22(34)31-23(26)30-11/h4,6-7,9-10,13-17,19,33H,2-3,5H2,1H3,(H,35,36)(H,37,38)(H2,25,27,28)(H3,26,30,31,34)/t9-,10-,13-,14+,15-,16-,17-,19+,24+/m1/s1. The average Bonchev–Trinajstić information content (AvgIpc) is 3.30. The molecule has 8 rings (SSSR count). The van der Waals surface area contributed by atoms with Gasteiger partial charge in [0.25, 0.3) is 5.56 Å². The molecule has 1 spiro atoms. The Balaban J connectivity index is 1.15.